The molecule has 2 heterocycles. The van der Waals surface area contributed by atoms with Gasteiger partial charge in [-0.25, -0.2) is 0 Å². The Morgan fingerprint density at radius 2 is 1.75 bits per heavy atom. The Kier molecular flexibility index (Phi) is 6.81. The van der Waals surface area contributed by atoms with Crippen LogP contribution in [0.3, 0.4) is 0 Å². The SMILES string of the molecule is COc1ccc(OC)c(-c2ccc(N3CCN(C(=O)c4cc(Br)ccc4Cl)CC3)nn2)c1. The molecule has 2 aromatic carbocycles. The van der Waals surface area contributed by atoms with Gasteiger partial charge in [0.2, 0.25) is 0 Å². The first-order chi connectivity index (χ1) is 15.5. The van der Waals surface area contributed by atoms with Crippen molar-refractivity contribution in [2.45, 2.75) is 0 Å². The average molecular weight is 518 g/mol. The minimum atomic E-state index is -0.0671. The van der Waals surface area contributed by atoms with E-state index < -0.39 is 0 Å². The summed E-state index contributed by atoms with van der Waals surface area (Å²) in [5, 5.41) is 9.27. The summed E-state index contributed by atoms with van der Waals surface area (Å²) < 4.78 is 11.6. The van der Waals surface area contributed by atoms with Crippen LogP contribution < -0.4 is 14.4 Å². The second-order valence-corrected chi connectivity index (χ2v) is 8.57. The van der Waals surface area contributed by atoms with E-state index >= 15 is 0 Å². The number of carbonyl (C=O) groups is 1. The average Bonchev–Trinajstić information content (AvgIpc) is 2.85. The Morgan fingerprint density at radius 3 is 2.41 bits per heavy atom. The summed E-state index contributed by atoms with van der Waals surface area (Å²) in [6.45, 7) is 2.48. The summed E-state index contributed by atoms with van der Waals surface area (Å²) in [6, 6.07) is 14.7. The van der Waals surface area contributed by atoms with Crippen LogP contribution in [0.4, 0.5) is 5.82 Å². The van der Waals surface area contributed by atoms with Gasteiger partial charge in [-0.15, -0.1) is 10.2 Å². The van der Waals surface area contributed by atoms with Crippen LogP contribution in [0.5, 0.6) is 11.5 Å². The Bertz CT molecular complexity index is 1120. The number of nitrogens with zero attached hydrogens (tertiary/aromatic N) is 4. The molecule has 1 aliphatic rings. The van der Waals surface area contributed by atoms with E-state index in [0.29, 0.717) is 48.2 Å². The van der Waals surface area contributed by atoms with E-state index in [1.165, 1.54) is 0 Å². The molecular weight excluding hydrogens is 496 g/mol. The molecule has 0 unspecified atom stereocenters. The summed E-state index contributed by atoms with van der Waals surface area (Å²) >= 11 is 9.63. The number of halogens is 2. The number of benzene rings is 2. The van der Waals surface area contributed by atoms with E-state index in [4.69, 9.17) is 21.1 Å². The van der Waals surface area contributed by atoms with Gasteiger partial charge in [0.1, 0.15) is 11.5 Å². The van der Waals surface area contributed by atoms with Gasteiger partial charge >= 0.3 is 0 Å². The highest BCUT2D eigenvalue weighted by molar-refractivity contribution is 9.10. The second-order valence-electron chi connectivity index (χ2n) is 7.25. The van der Waals surface area contributed by atoms with Crippen LogP contribution in [-0.4, -0.2) is 61.4 Å². The van der Waals surface area contributed by atoms with Gasteiger partial charge in [0.15, 0.2) is 5.82 Å². The minimum Gasteiger partial charge on any atom is -0.497 e. The van der Waals surface area contributed by atoms with Crippen molar-refractivity contribution >= 4 is 39.3 Å². The van der Waals surface area contributed by atoms with Crippen LogP contribution in [0.1, 0.15) is 10.4 Å². The van der Waals surface area contributed by atoms with Crippen LogP contribution in [0.15, 0.2) is 53.0 Å². The molecule has 0 aliphatic carbocycles. The third-order valence-corrected chi connectivity index (χ3v) is 6.21. The van der Waals surface area contributed by atoms with E-state index in [0.717, 1.165) is 21.6 Å². The summed E-state index contributed by atoms with van der Waals surface area (Å²) in [5.74, 6) is 2.12. The lowest BCUT2D eigenvalue weighted by molar-refractivity contribution is 0.0746. The summed E-state index contributed by atoms with van der Waals surface area (Å²) in [5.41, 5.74) is 2.01. The number of anilines is 1. The van der Waals surface area contributed by atoms with Crippen molar-refractivity contribution < 1.29 is 14.3 Å². The number of amides is 1. The number of piperazine rings is 1. The molecule has 9 heteroatoms. The fourth-order valence-corrected chi connectivity index (χ4v) is 4.18. The lowest BCUT2D eigenvalue weighted by Gasteiger charge is -2.35. The molecule has 0 atom stereocenters. The van der Waals surface area contributed by atoms with Crippen LogP contribution in [0.2, 0.25) is 5.02 Å². The van der Waals surface area contributed by atoms with Gasteiger partial charge < -0.3 is 19.3 Å². The standard InChI is InChI=1S/C23H22BrClN4O3/c1-31-16-4-7-21(32-2)18(14-16)20-6-8-22(27-26-20)28-9-11-29(12-10-28)23(30)17-13-15(24)3-5-19(17)25/h3-8,13-14H,9-12H2,1-2H3. The van der Waals surface area contributed by atoms with Gasteiger partial charge in [0, 0.05) is 36.2 Å². The van der Waals surface area contributed by atoms with Crippen LogP contribution in [0.25, 0.3) is 11.3 Å². The maximum absolute atomic E-state index is 12.9. The van der Waals surface area contributed by atoms with Gasteiger partial charge in [-0.1, -0.05) is 27.5 Å². The number of carbonyl (C=O) groups excluding carboxylic acids is 1. The maximum Gasteiger partial charge on any atom is 0.255 e. The third-order valence-electron chi connectivity index (χ3n) is 5.38. The molecule has 4 rings (SSSR count). The fraction of sp³-hybridized carbons (Fsp3) is 0.261. The quantitative estimate of drug-likeness (QED) is 0.495. The number of ether oxygens (including phenoxy) is 2. The Labute approximate surface area is 200 Å². The molecule has 1 fully saturated rings. The van der Waals surface area contributed by atoms with Crippen molar-refractivity contribution in [2.24, 2.45) is 0 Å². The topological polar surface area (TPSA) is 67.8 Å². The van der Waals surface area contributed by atoms with Crippen molar-refractivity contribution in [3.63, 3.8) is 0 Å². The van der Waals surface area contributed by atoms with Crippen molar-refractivity contribution in [3.05, 3.63) is 63.6 Å². The second kappa shape index (κ2) is 9.75. The third kappa shape index (κ3) is 4.66. The van der Waals surface area contributed by atoms with E-state index in [9.17, 15) is 4.79 Å². The van der Waals surface area contributed by atoms with Gasteiger partial charge in [0.05, 0.1) is 30.5 Å². The molecular formula is C23H22BrClN4O3. The molecule has 0 N–H and O–H groups in total. The van der Waals surface area contributed by atoms with Crippen molar-refractivity contribution in [1.29, 1.82) is 0 Å². The first-order valence-corrected chi connectivity index (χ1v) is 11.2. The van der Waals surface area contributed by atoms with Gasteiger partial charge in [0.25, 0.3) is 5.91 Å². The molecule has 1 amide bonds. The Balaban J connectivity index is 1.45. The molecule has 1 saturated heterocycles. The molecule has 7 nitrogen and oxygen atoms in total. The Hall–Kier alpha value is -2.84. The first-order valence-electron chi connectivity index (χ1n) is 10.1. The molecule has 0 radical (unpaired) electrons. The van der Waals surface area contributed by atoms with E-state index in [1.807, 2.05) is 41.3 Å². The van der Waals surface area contributed by atoms with Gasteiger partial charge in [-0.2, -0.15) is 0 Å². The zero-order valence-electron chi connectivity index (χ0n) is 17.7. The molecule has 0 spiro atoms. The zero-order chi connectivity index (χ0) is 22.7. The molecule has 0 saturated carbocycles. The predicted molar refractivity (Wildman–Crippen MR) is 128 cm³/mol. The van der Waals surface area contributed by atoms with Gasteiger partial charge in [-0.05, 0) is 48.5 Å². The highest BCUT2D eigenvalue weighted by atomic mass is 79.9. The predicted octanol–water partition coefficient (Wildman–Crippen LogP) is 4.54. The van der Waals surface area contributed by atoms with Crippen molar-refractivity contribution in [1.82, 2.24) is 15.1 Å². The molecule has 166 valence electrons. The molecule has 32 heavy (non-hydrogen) atoms. The largest absolute Gasteiger partial charge is 0.497 e. The van der Waals surface area contributed by atoms with Crippen LogP contribution in [0, 0.1) is 0 Å². The summed E-state index contributed by atoms with van der Waals surface area (Å²) in [6.07, 6.45) is 0. The molecule has 3 aromatic rings. The van der Waals surface area contributed by atoms with E-state index in [1.54, 1.807) is 26.4 Å². The number of aromatic nitrogens is 2. The van der Waals surface area contributed by atoms with Crippen LogP contribution >= 0.6 is 27.5 Å². The number of hydrogen-bond donors (Lipinski definition) is 0. The monoisotopic (exact) mass is 516 g/mol. The van der Waals surface area contributed by atoms with Crippen molar-refractivity contribution in [3.8, 4) is 22.8 Å². The van der Waals surface area contributed by atoms with Crippen LogP contribution in [-0.2, 0) is 0 Å². The molecule has 0 bridgehead atoms. The highest BCUT2D eigenvalue weighted by Crippen LogP contribution is 2.32. The maximum atomic E-state index is 12.9. The van der Waals surface area contributed by atoms with Gasteiger partial charge in [-0.3, -0.25) is 4.79 Å². The fourth-order valence-electron chi connectivity index (χ4n) is 3.62. The lowest BCUT2D eigenvalue weighted by atomic mass is 10.1. The summed E-state index contributed by atoms with van der Waals surface area (Å²) in [7, 11) is 3.24. The molecule has 1 aromatic heterocycles. The number of methoxy groups -OCH3 is 2. The Morgan fingerprint density at radius 1 is 0.969 bits per heavy atom. The number of rotatable bonds is 5. The summed E-state index contributed by atoms with van der Waals surface area (Å²) in [4.78, 5) is 16.8. The zero-order valence-corrected chi connectivity index (χ0v) is 20.1. The number of hydrogen-bond acceptors (Lipinski definition) is 6. The van der Waals surface area contributed by atoms with E-state index in [2.05, 4.69) is 31.0 Å². The van der Waals surface area contributed by atoms with E-state index in [-0.39, 0.29) is 5.91 Å². The first kappa shape index (κ1) is 22.4. The highest BCUT2D eigenvalue weighted by Gasteiger charge is 2.24. The lowest BCUT2D eigenvalue weighted by Crippen LogP contribution is -2.49. The van der Waals surface area contributed by atoms with Crippen molar-refractivity contribution in [2.75, 3.05) is 45.3 Å². The minimum absolute atomic E-state index is 0.0671. The smallest absolute Gasteiger partial charge is 0.255 e. The normalized spacial score (nSPS) is 13.8. The molecule has 1 aliphatic heterocycles.